The van der Waals surface area contributed by atoms with Crippen LogP contribution in [0.4, 0.5) is 0 Å². The Balaban J connectivity index is -0.00000000762. The molecular formula is C7H26N2. The fourth-order valence-electron chi connectivity index (χ4n) is 0. The van der Waals surface area contributed by atoms with Crippen molar-refractivity contribution in [2.75, 3.05) is 14.1 Å². The third kappa shape index (κ3) is 43400. The summed E-state index contributed by atoms with van der Waals surface area (Å²) in [6.45, 7) is 8.00. The number of rotatable bonds is 0. The largest absolute Gasteiger partial charge is 0.333 e. The lowest BCUT2D eigenvalue weighted by molar-refractivity contribution is 1.48. The summed E-state index contributed by atoms with van der Waals surface area (Å²) in [5, 5.41) is 0. The molecule has 0 rings (SSSR count). The van der Waals surface area contributed by atoms with Gasteiger partial charge < -0.3 is 11.5 Å². The van der Waals surface area contributed by atoms with Crippen molar-refractivity contribution < 1.29 is 0 Å². The van der Waals surface area contributed by atoms with Gasteiger partial charge in [0, 0.05) is 0 Å². The molecule has 0 amide bonds. The van der Waals surface area contributed by atoms with Gasteiger partial charge in [-0.25, -0.2) is 0 Å². The van der Waals surface area contributed by atoms with E-state index in [9.17, 15) is 0 Å². The SMILES string of the molecule is C.CC.CC.CN.CN. The molecule has 0 heterocycles. The zero-order valence-corrected chi connectivity index (χ0v) is 7.15. The van der Waals surface area contributed by atoms with Crippen LogP contribution in [0.3, 0.4) is 0 Å². The van der Waals surface area contributed by atoms with Crippen LogP contribution in [0.2, 0.25) is 0 Å². The summed E-state index contributed by atoms with van der Waals surface area (Å²) in [5.41, 5.74) is 9.00. The van der Waals surface area contributed by atoms with Crippen molar-refractivity contribution >= 4 is 0 Å². The highest BCUT2D eigenvalue weighted by Crippen LogP contribution is 1.15. The fraction of sp³-hybridized carbons (Fsp3) is 1.00. The molecule has 0 spiro atoms. The van der Waals surface area contributed by atoms with Crippen LogP contribution in [0.5, 0.6) is 0 Å². The summed E-state index contributed by atoms with van der Waals surface area (Å²) in [6.07, 6.45) is 0. The fourth-order valence-corrected chi connectivity index (χ4v) is 0. The Morgan fingerprint density at radius 1 is 0.556 bits per heavy atom. The molecule has 0 unspecified atom stereocenters. The van der Waals surface area contributed by atoms with Gasteiger partial charge in [-0.05, 0) is 14.1 Å². The molecule has 0 aromatic carbocycles. The number of nitrogens with two attached hydrogens (primary N) is 2. The molecule has 0 bridgehead atoms. The standard InChI is InChI=1S/2C2H6.2CH5N.CH4/c4*1-2;/h2*1-2H3;2*2H2,1H3;1H4. The van der Waals surface area contributed by atoms with Crippen LogP contribution >= 0.6 is 0 Å². The molecule has 4 N–H and O–H groups in total. The Hall–Kier alpha value is -0.0800. The minimum atomic E-state index is 0. The highest BCUT2D eigenvalue weighted by atomic mass is 14.4. The van der Waals surface area contributed by atoms with Gasteiger partial charge >= 0.3 is 0 Å². The van der Waals surface area contributed by atoms with Gasteiger partial charge in [-0.3, -0.25) is 0 Å². The zero-order chi connectivity index (χ0) is 8.00. The molecule has 0 radical (unpaired) electrons. The smallest absolute Gasteiger partial charge is 0.0195 e. The lowest BCUT2D eigenvalue weighted by Gasteiger charge is -1.19. The second-order valence-corrected chi connectivity index (χ2v) is 0. The lowest BCUT2D eigenvalue weighted by atomic mass is 11.0. The summed E-state index contributed by atoms with van der Waals surface area (Å²) in [4.78, 5) is 0. The molecule has 2 heteroatoms. The highest BCUT2D eigenvalue weighted by molar-refractivity contribution is 3.54. The monoisotopic (exact) mass is 138 g/mol. The predicted molar refractivity (Wildman–Crippen MR) is 49.6 cm³/mol. The van der Waals surface area contributed by atoms with E-state index in [-0.39, 0.29) is 7.43 Å². The van der Waals surface area contributed by atoms with Crippen molar-refractivity contribution in [1.29, 1.82) is 0 Å². The maximum atomic E-state index is 4.50. The topological polar surface area (TPSA) is 52.0 Å². The zero-order valence-electron chi connectivity index (χ0n) is 7.15. The van der Waals surface area contributed by atoms with Crippen LogP contribution < -0.4 is 11.5 Å². The molecule has 0 aliphatic heterocycles. The molecular weight excluding hydrogens is 112 g/mol. The van der Waals surface area contributed by atoms with E-state index in [0.29, 0.717) is 0 Å². The normalized spacial score (nSPS) is 2.67. The van der Waals surface area contributed by atoms with Crippen molar-refractivity contribution in [3.05, 3.63) is 0 Å². The van der Waals surface area contributed by atoms with Crippen molar-refractivity contribution in [1.82, 2.24) is 0 Å². The molecule has 0 aliphatic rings. The van der Waals surface area contributed by atoms with Gasteiger partial charge in [0.25, 0.3) is 0 Å². The van der Waals surface area contributed by atoms with Crippen LogP contribution in [-0.4, -0.2) is 14.1 Å². The quantitative estimate of drug-likeness (QED) is 0.536. The van der Waals surface area contributed by atoms with Gasteiger partial charge in [-0.2, -0.15) is 0 Å². The summed E-state index contributed by atoms with van der Waals surface area (Å²) in [5.74, 6) is 0. The first kappa shape index (κ1) is 36.4. The van der Waals surface area contributed by atoms with Gasteiger partial charge in [0.05, 0.1) is 0 Å². The molecule has 2 nitrogen and oxygen atoms in total. The van der Waals surface area contributed by atoms with E-state index in [1.807, 2.05) is 27.7 Å². The van der Waals surface area contributed by atoms with E-state index in [0.717, 1.165) is 0 Å². The third-order valence-corrected chi connectivity index (χ3v) is 0. The molecule has 0 fully saturated rings. The molecule has 9 heavy (non-hydrogen) atoms. The third-order valence-electron chi connectivity index (χ3n) is 0. The van der Waals surface area contributed by atoms with Gasteiger partial charge in [-0.1, -0.05) is 35.1 Å². The molecule has 0 saturated carbocycles. The Kier molecular flexibility index (Phi) is 240000. The van der Waals surface area contributed by atoms with Crippen molar-refractivity contribution in [2.24, 2.45) is 11.5 Å². The minimum absolute atomic E-state index is 0. The molecule has 0 atom stereocenters. The maximum Gasteiger partial charge on any atom is -0.0195 e. The van der Waals surface area contributed by atoms with Crippen LogP contribution in [0, 0.1) is 0 Å². The van der Waals surface area contributed by atoms with E-state index >= 15 is 0 Å². The summed E-state index contributed by atoms with van der Waals surface area (Å²) < 4.78 is 0. The molecule has 0 aromatic rings. The summed E-state index contributed by atoms with van der Waals surface area (Å²) >= 11 is 0. The molecule has 0 aliphatic carbocycles. The highest BCUT2D eigenvalue weighted by Gasteiger charge is 0.934. The van der Waals surface area contributed by atoms with Gasteiger partial charge in [0.2, 0.25) is 0 Å². The second kappa shape index (κ2) is 59300. The second-order valence-electron chi connectivity index (χ2n) is 0. The van der Waals surface area contributed by atoms with E-state index < -0.39 is 0 Å². The predicted octanol–water partition coefficient (Wildman–Crippen LogP) is 1.84. The van der Waals surface area contributed by atoms with Crippen molar-refractivity contribution in [3.63, 3.8) is 0 Å². The molecule has 0 aromatic heterocycles. The average Bonchev–Trinajstić information content (AvgIpc) is 2.03. The van der Waals surface area contributed by atoms with Crippen LogP contribution in [-0.2, 0) is 0 Å². The van der Waals surface area contributed by atoms with Crippen LogP contribution in [0.25, 0.3) is 0 Å². The Bertz CT molecular complexity index is 6.88. The maximum absolute atomic E-state index is 4.50. The first-order chi connectivity index (χ1) is 4.00. The van der Waals surface area contributed by atoms with E-state index in [2.05, 4.69) is 11.5 Å². The molecule has 64 valence electrons. The van der Waals surface area contributed by atoms with Gasteiger partial charge in [0.1, 0.15) is 0 Å². The summed E-state index contributed by atoms with van der Waals surface area (Å²) in [6, 6.07) is 0. The van der Waals surface area contributed by atoms with Crippen LogP contribution in [0.15, 0.2) is 0 Å². The molecule has 0 saturated heterocycles. The van der Waals surface area contributed by atoms with Crippen molar-refractivity contribution in [3.8, 4) is 0 Å². The minimum Gasteiger partial charge on any atom is -0.333 e. The van der Waals surface area contributed by atoms with E-state index in [1.54, 1.807) is 0 Å². The van der Waals surface area contributed by atoms with E-state index in [1.165, 1.54) is 14.1 Å². The Labute approximate surface area is 61.6 Å². The van der Waals surface area contributed by atoms with E-state index in [4.69, 9.17) is 0 Å². The Morgan fingerprint density at radius 2 is 0.556 bits per heavy atom. The van der Waals surface area contributed by atoms with Gasteiger partial charge in [0.15, 0.2) is 0 Å². The number of hydrogen-bond acceptors (Lipinski definition) is 2. The van der Waals surface area contributed by atoms with Crippen LogP contribution in [0.1, 0.15) is 35.1 Å². The number of hydrogen-bond donors (Lipinski definition) is 2. The lowest BCUT2D eigenvalue weighted by Crippen LogP contribution is -1.69. The Morgan fingerprint density at radius 3 is 0.556 bits per heavy atom. The summed E-state index contributed by atoms with van der Waals surface area (Å²) in [7, 11) is 3.00. The van der Waals surface area contributed by atoms with Crippen molar-refractivity contribution in [2.45, 2.75) is 35.1 Å². The van der Waals surface area contributed by atoms with Gasteiger partial charge in [-0.15, -0.1) is 0 Å². The average molecular weight is 138 g/mol. The first-order valence-corrected chi connectivity index (χ1v) is 3.15. The first-order valence-electron chi connectivity index (χ1n) is 3.15.